The molecule has 0 aliphatic carbocycles. The molecule has 4 heteroatoms. The lowest BCUT2D eigenvalue weighted by atomic mass is 10.3. The van der Waals surface area contributed by atoms with E-state index in [9.17, 15) is 4.79 Å². The lowest BCUT2D eigenvalue weighted by Gasteiger charge is -2.11. The third-order valence-electron chi connectivity index (χ3n) is 1.25. The number of rotatable bonds is 4. The third kappa shape index (κ3) is 2.80. The number of likely N-dealkylation sites (N-methyl/N-ethyl adjacent to an activating group) is 2. The van der Waals surface area contributed by atoms with Crippen molar-refractivity contribution in [2.75, 3.05) is 20.1 Å². The van der Waals surface area contributed by atoms with E-state index in [1.807, 2.05) is 6.92 Å². The Balaban J connectivity index is 3.65. The monoisotopic (exact) mass is 145 g/mol. The lowest BCUT2D eigenvalue weighted by Crippen LogP contribution is -2.47. The highest BCUT2D eigenvalue weighted by Crippen LogP contribution is 1.77. The predicted octanol–water partition coefficient (Wildman–Crippen LogP) is -1.33. The summed E-state index contributed by atoms with van der Waals surface area (Å²) in [6.45, 7) is 2.86. The van der Waals surface area contributed by atoms with E-state index >= 15 is 0 Å². The Hall–Kier alpha value is -0.610. The Morgan fingerprint density at radius 2 is 2.30 bits per heavy atom. The van der Waals surface area contributed by atoms with Gasteiger partial charge < -0.3 is 16.4 Å². The molecule has 0 aliphatic rings. The van der Waals surface area contributed by atoms with Crippen molar-refractivity contribution in [3.8, 4) is 0 Å². The standard InChI is InChI=1S/C6H15N3O/c1-3-9-6(10)5(4-7)8-2/h5,8H,3-4,7H2,1-2H3,(H,9,10). The summed E-state index contributed by atoms with van der Waals surface area (Å²) in [6.07, 6.45) is 0. The first kappa shape index (κ1) is 9.39. The Bertz CT molecular complexity index is 101. The molecule has 0 fully saturated rings. The summed E-state index contributed by atoms with van der Waals surface area (Å²) in [7, 11) is 1.72. The minimum absolute atomic E-state index is 0.0347. The van der Waals surface area contributed by atoms with E-state index in [0.717, 1.165) is 0 Å². The van der Waals surface area contributed by atoms with Crippen LogP contribution in [0.3, 0.4) is 0 Å². The van der Waals surface area contributed by atoms with Crippen LogP contribution in [0.15, 0.2) is 0 Å². The third-order valence-corrected chi connectivity index (χ3v) is 1.25. The van der Waals surface area contributed by atoms with Gasteiger partial charge in [0.05, 0.1) is 6.04 Å². The summed E-state index contributed by atoms with van der Waals surface area (Å²) >= 11 is 0. The molecule has 60 valence electrons. The molecule has 1 unspecified atom stereocenters. The molecule has 0 rings (SSSR count). The molecule has 0 aliphatic heterocycles. The van der Waals surface area contributed by atoms with Crippen LogP contribution >= 0.6 is 0 Å². The zero-order chi connectivity index (χ0) is 7.98. The maximum Gasteiger partial charge on any atom is 0.238 e. The van der Waals surface area contributed by atoms with E-state index in [2.05, 4.69) is 10.6 Å². The van der Waals surface area contributed by atoms with Crippen molar-refractivity contribution in [2.45, 2.75) is 13.0 Å². The van der Waals surface area contributed by atoms with Crippen molar-refractivity contribution in [3.05, 3.63) is 0 Å². The summed E-state index contributed by atoms with van der Waals surface area (Å²) < 4.78 is 0. The summed E-state index contributed by atoms with van der Waals surface area (Å²) in [5.74, 6) is -0.0347. The van der Waals surface area contributed by atoms with Gasteiger partial charge in [0.1, 0.15) is 0 Å². The molecule has 0 aromatic carbocycles. The van der Waals surface area contributed by atoms with E-state index in [4.69, 9.17) is 5.73 Å². The summed E-state index contributed by atoms with van der Waals surface area (Å²) in [5, 5.41) is 5.47. The smallest absolute Gasteiger partial charge is 0.238 e. The highest BCUT2D eigenvalue weighted by atomic mass is 16.2. The summed E-state index contributed by atoms with van der Waals surface area (Å²) in [4.78, 5) is 11.0. The Kier molecular flexibility index (Phi) is 4.88. The molecule has 0 radical (unpaired) electrons. The first-order valence-electron chi connectivity index (χ1n) is 3.41. The van der Waals surface area contributed by atoms with E-state index in [1.54, 1.807) is 7.05 Å². The molecule has 1 amide bonds. The molecule has 0 spiro atoms. The van der Waals surface area contributed by atoms with E-state index in [-0.39, 0.29) is 11.9 Å². The van der Waals surface area contributed by atoms with Crippen molar-refractivity contribution in [3.63, 3.8) is 0 Å². The number of carbonyl (C=O) groups is 1. The molecular formula is C6H15N3O. The SMILES string of the molecule is CCNC(=O)C(CN)NC. The normalized spacial score (nSPS) is 12.7. The van der Waals surface area contributed by atoms with Gasteiger partial charge in [-0.15, -0.1) is 0 Å². The fourth-order valence-corrected chi connectivity index (χ4v) is 0.653. The Labute approximate surface area is 61.2 Å². The highest BCUT2D eigenvalue weighted by molar-refractivity contribution is 5.81. The van der Waals surface area contributed by atoms with Crippen LogP contribution in [-0.4, -0.2) is 32.1 Å². The van der Waals surface area contributed by atoms with Gasteiger partial charge >= 0.3 is 0 Å². The molecular weight excluding hydrogens is 130 g/mol. The van der Waals surface area contributed by atoms with Crippen molar-refractivity contribution in [1.82, 2.24) is 10.6 Å². The summed E-state index contributed by atoms with van der Waals surface area (Å²) in [5.41, 5.74) is 5.29. The molecule has 0 saturated carbocycles. The van der Waals surface area contributed by atoms with E-state index in [1.165, 1.54) is 0 Å². The van der Waals surface area contributed by atoms with Crippen LogP contribution in [-0.2, 0) is 4.79 Å². The molecule has 4 nitrogen and oxygen atoms in total. The van der Waals surface area contributed by atoms with Gasteiger partial charge in [-0.1, -0.05) is 0 Å². The minimum atomic E-state index is -0.250. The maximum atomic E-state index is 11.0. The van der Waals surface area contributed by atoms with Gasteiger partial charge in [0, 0.05) is 13.1 Å². The van der Waals surface area contributed by atoms with Crippen LogP contribution in [0.25, 0.3) is 0 Å². The quantitative estimate of drug-likeness (QED) is 0.459. The molecule has 0 saturated heterocycles. The van der Waals surface area contributed by atoms with Crippen molar-refractivity contribution >= 4 is 5.91 Å². The van der Waals surface area contributed by atoms with Gasteiger partial charge in [-0.25, -0.2) is 0 Å². The largest absolute Gasteiger partial charge is 0.355 e. The van der Waals surface area contributed by atoms with Crippen LogP contribution < -0.4 is 16.4 Å². The fraction of sp³-hybridized carbons (Fsp3) is 0.833. The van der Waals surface area contributed by atoms with Gasteiger partial charge in [0.2, 0.25) is 5.91 Å². The molecule has 0 bridgehead atoms. The first-order chi connectivity index (χ1) is 4.76. The Morgan fingerprint density at radius 3 is 2.60 bits per heavy atom. The number of carbonyl (C=O) groups excluding carboxylic acids is 1. The van der Waals surface area contributed by atoms with Gasteiger partial charge in [-0.3, -0.25) is 4.79 Å². The van der Waals surface area contributed by atoms with Crippen LogP contribution in [0.4, 0.5) is 0 Å². The highest BCUT2D eigenvalue weighted by Gasteiger charge is 2.11. The molecule has 0 heterocycles. The van der Waals surface area contributed by atoms with Crippen LogP contribution in [0.2, 0.25) is 0 Å². The number of hydrogen-bond acceptors (Lipinski definition) is 3. The van der Waals surface area contributed by atoms with Crippen molar-refractivity contribution < 1.29 is 4.79 Å². The average Bonchev–Trinajstić information content (AvgIpc) is 1.91. The van der Waals surface area contributed by atoms with Gasteiger partial charge in [-0.2, -0.15) is 0 Å². The summed E-state index contributed by atoms with van der Waals surface area (Å²) in [6, 6.07) is -0.250. The topological polar surface area (TPSA) is 67.2 Å². The molecule has 1 atom stereocenters. The molecule has 4 N–H and O–H groups in total. The van der Waals surface area contributed by atoms with Gasteiger partial charge in [0.15, 0.2) is 0 Å². The lowest BCUT2D eigenvalue weighted by molar-refractivity contribution is -0.122. The zero-order valence-corrected chi connectivity index (χ0v) is 6.48. The fourth-order valence-electron chi connectivity index (χ4n) is 0.653. The van der Waals surface area contributed by atoms with Crippen LogP contribution in [0, 0.1) is 0 Å². The molecule has 10 heavy (non-hydrogen) atoms. The van der Waals surface area contributed by atoms with Crippen LogP contribution in [0.1, 0.15) is 6.92 Å². The second-order valence-corrected chi connectivity index (χ2v) is 1.97. The second kappa shape index (κ2) is 5.20. The predicted molar refractivity (Wildman–Crippen MR) is 40.6 cm³/mol. The molecule has 0 aromatic rings. The van der Waals surface area contributed by atoms with Gasteiger partial charge in [0.25, 0.3) is 0 Å². The van der Waals surface area contributed by atoms with Gasteiger partial charge in [-0.05, 0) is 14.0 Å². The minimum Gasteiger partial charge on any atom is -0.355 e. The number of nitrogens with one attached hydrogen (secondary N) is 2. The molecule has 0 aromatic heterocycles. The van der Waals surface area contributed by atoms with Crippen LogP contribution in [0.5, 0.6) is 0 Å². The number of amides is 1. The van der Waals surface area contributed by atoms with E-state index < -0.39 is 0 Å². The van der Waals surface area contributed by atoms with Crippen molar-refractivity contribution in [1.29, 1.82) is 0 Å². The Morgan fingerprint density at radius 1 is 1.70 bits per heavy atom. The number of hydrogen-bond donors (Lipinski definition) is 3. The zero-order valence-electron chi connectivity index (χ0n) is 6.48. The first-order valence-corrected chi connectivity index (χ1v) is 3.41. The second-order valence-electron chi connectivity index (χ2n) is 1.97. The maximum absolute atomic E-state index is 11.0. The van der Waals surface area contributed by atoms with E-state index in [0.29, 0.717) is 13.1 Å². The number of nitrogens with two attached hydrogens (primary N) is 1. The average molecular weight is 145 g/mol. The van der Waals surface area contributed by atoms with Crippen molar-refractivity contribution in [2.24, 2.45) is 5.73 Å².